The molecule has 0 aliphatic carbocycles. The molecular formula is C18H17ClN4O2. The maximum atomic E-state index is 10.2. The van der Waals surface area contributed by atoms with E-state index in [0.29, 0.717) is 28.1 Å². The number of pyridine rings is 1. The number of fused-ring (bicyclic) bond motifs is 1. The van der Waals surface area contributed by atoms with Gasteiger partial charge in [0, 0.05) is 53.0 Å². The van der Waals surface area contributed by atoms with Crippen LogP contribution in [0.5, 0.6) is 5.75 Å². The summed E-state index contributed by atoms with van der Waals surface area (Å²) < 4.78 is 5.40. The van der Waals surface area contributed by atoms with Gasteiger partial charge < -0.3 is 15.2 Å². The van der Waals surface area contributed by atoms with E-state index in [-0.39, 0.29) is 5.75 Å². The average Bonchev–Trinajstić information content (AvgIpc) is 2.64. The van der Waals surface area contributed by atoms with Gasteiger partial charge in [-0.25, -0.2) is 0 Å². The van der Waals surface area contributed by atoms with Crippen molar-refractivity contribution < 1.29 is 9.84 Å². The second-order valence-electron chi connectivity index (χ2n) is 6.01. The van der Waals surface area contributed by atoms with Gasteiger partial charge in [-0.05, 0) is 37.1 Å². The number of halogens is 1. The van der Waals surface area contributed by atoms with E-state index >= 15 is 0 Å². The number of anilines is 1. The molecule has 0 bridgehead atoms. The van der Waals surface area contributed by atoms with Crippen LogP contribution in [-0.4, -0.2) is 39.5 Å². The van der Waals surface area contributed by atoms with Crippen molar-refractivity contribution in [2.75, 3.05) is 18.5 Å². The van der Waals surface area contributed by atoms with E-state index in [9.17, 15) is 5.11 Å². The summed E-state index contributed by atoms with van der Waals surface area (Å²) in [6, 6.07) is 7.15. The molecule has 0 saturated carbocycles. The van der Waals surface area contributed by atoms with E-state index in [1.165, 1.54) is 6.07 Å². The van der Waals surface area contributed by atoms with Crippen LogP contribution in [0.3, 0.4) is 0 Å². The lowest BCUT2D eigenvalue weighted by molar-refractivity contribution is 0.0904. The molecule has 128 valence electrons. The van der Waals surface area contributed by atoms with E-state index in [2.05, 4.69) is 20.5 Å². The number of aromatic nitrogens is 3. The fourth-order valence-electron chi connectivity index (χ4n) is 3.04. The molecule has 6 nitrogen and oxygen atoms in total. The first kappa shape index (κ1) is 16.1. The van der Waals surface area contributed by atoms with E-state index in [0.717, 1.165) is 36.8 Å². The zero-order valence-electron chi connectivity index (χ0n) is 13.4. The van der Waals surface area contributed by atoms with Gasteiger partial charge in [-0.3, -0.25) is 4.98 Å². The maximum absolute atomic E-state index is 10.2. The van der Waals surface area contributed by atoms with Crippen LogP contribution < -0.4 is 5.32 Å². The van der Waals surface area contributed by atoms with Crippen molar-refractivity contribution >= 4 is 28.2 Å². The van der Waals surface area contributed by atoms with Gasteiger partial charge in [0.1, 0.15) is 11.4 Å². The lowest BCUT2D eigenvalue weighted by Gasteiger charge is -2.24. The monoisotopic (exact) mass is 356 g/mol. The first-order chi connectivity index (χ1) is 12.2. The number of nitrogens with one attached hydrogen (secondary N) is 1. The molecule has 2 N–H and O–H groups in total. The van der Waals surface area contributed by atoms with E-state index in [4.69, 9.17) is 16.3 Å². The van der Waals surface area contributed by atoms with Gasteiger partial charge in [0.15, 0.2) is 5.82 Å². The number of aromatic hydroxyl groups is 1. The molecule has 1 aromatic carbocycles. The van der Waals surface area contributed by atoms with Crippen molar-refractivity contribution in [3.63, 3.8) is 0 Å². The Labute approximate surface area is 149 Å². The summed E-state index contributed by atoms with van der Waals surface area (Å²) in [5.74, 6) is 0.775. The summed E-state index contributed by atoms with van der Waals surface area (Å²) >= 11 is 5.93. The predicted molar refractivity (Wildman–Crippen MR) is 96.9 cm³/mol. The van der Waals surface area contributed by atoms with Gasteiger partial charge in [-0.15, -0.1) is 10.2 Å². The van der Waals surface area contributed by atoms with Crippen LogP contribution in [0.4, 0.5) is 5.82 Å². The fourth-order valence-corrected chi connectivity index (χ4v) is 3.21. The maximum Gasteiger partial charge on any atom is 0.158 e. The lowest BCUT2D eigenvalue weighted by Crippen LogP contribution is -2.28. The molecule has 0 atom stereocenters. The standard InChI is InChI=1S/C18H17ClN4O2/c19-11-1-2-14(16(24)9-11)17-13-3-6-20-10-15(13)18(23-22-17)21-12-4-7-25-8-5-12/h1-3,6,9-10,12,24H,4-5,7-8H2,(H,21,23). The summed E-state index contributed by atoms with van der Waals surface area (Å²) in [7, 11) is 0. The number of hydrogen-bond acceptors (Lipinski definition) is 6. The first-order valence-electron chi connectivity index (χ1n) is 8.16. The Hall–Kier alpha value is -2.44. The largest absolute Gasteiger partial charge is 0.507 e. The molecule has 1 saturated heterocycles. The van der Waals surface area contributed by atoms with Crippen LogP contribution in [-0.2, 0) is 4.74 Å². The third-order valence-corrected chi connectivity index (χ3v) is 4.59. The van der Waals surface area contributed by atoms with Crippen LogP contribution >= 0.6 is 11.6 Å². The van der Waals surface area contributed by atoms with Crippen molar-refractivity contribution in [3.05, 3.63) is 41.7 Å². The molecule has 0 unspecified atom stereocenters. The first-order valence-corrected chi connectivity index (χ1v) is 8.54. The second kappa shape index (κ2) is 6.82. The van der Waals surface area contributed by atoms with Gasteiger partial charge in [-0.1, -0.05) is 11.6 Å². The minimum atomic E-state index is 0.0741. The highest BCUT2D eigenvalue weighted by atomic mass is 35.5. The number of phenols is 1. The lowest BCUT2D eigenvalue weighted by atomic mass is 10.0. The van der Waals surface area contributed by atoms with Gasteiger partial charge >= 0.3 is 0 Å². The third-order valence-electron chi connectivity index (χ3n) is 4.36. The highest BCUT2D eigenvalue weighted by Gasteiger charge is 2.18. The summed E-state index contributed by atoms with van der Waals surface area (Å²) in [5, 5.41) is 24.6. The van der Waals surface area contributed by atoms with Crippen molar-refractivity contribution in [1.29, 1.82) is 0 Å². The molecule has 3 heterocycles. The number of rotatable bonds is 3. The van der Waals surface area contributed by atoms with Crippen molar-refractivity contribution in [2.24, 2.45) is 0 Å². The molecule has 1 aliphatic rings. The van der Waals surface area contributed by atoms with Crippen LogP contribution in [0.1, 0.15) is 12.8 Å². The van der Waals surface area contributed by atoms with Crippen molar-refractivity contribution in [2.45, 2.75) is 18.9 Å². The molecule has 3 aromatic rings. The SMILES string of the molecule is Oc1cc(Cl)ccc1-c1nnc(NC2CCOCC2)c2cnccc12. The van der Waals surface area contributed by atoms with Crippen LogP contribution in [0.25, 0.3) is 22.0 Å². The second-order valence-corrected chi connectivity index (χ2v) is 6.45. The molecule has 7 heteroatoms. The molecule has 0 amide bonds. The molecule has 0 radical (unpaired) electrons. The van der Waals surface area contributed by atoms with Crippen LogP contribution in [0.15, 0.2) is 36.7 Å². The van der Waals surface area contributed by atoms with Gasteiger partial charge in [0.05, 0.1) is 0 Å². The quantitative estimate of drug-likeness (QED) is 0.745. The number of nitrogens with zero attached hydrogens (tertiary/aromatic N) is 3. The van der Waals surface area contributed by atoms with E-state index < -0.39 is 0 Å². The van der Waals surface area contributed by atoms with Crippen molar-refractivity contribution in [3.8, 4) is 17.0 Å². The Morgan fingerprint density at radius 1 is 1.12 bits per heavy atom. The molecule has 2 aromatic heterocycles. The van der Waals surface area contributed by atoms with Crippen LogP contribution in [0, 0.1) is 0 Å². The minimum Gasteiger partial charge on any atom is -0.507 e. The fraction of sp³-hybridized carbons (Fsp3) is 0.278. The van der Waals surface area contributed by atoms with Crippen molar-refractivity contribution in [1.82, 2.24) is 15.2 Å². The Morgan fingerprint density at radius 3 is 2.76 bits per heavy atom. The van der Waals surface area contributed by atoms with Gasteiger partial charge in [0.25, 0.3) is 0 Å². The highest BCUT2D eigenvalue weighted by molar-refractivity contribution is 6.30. The number of benzene rings is 1. The molecule has 1 fully saturated rings. The molecule has 4 rings (SSSR count). The smallest absolute Gasteiger partial charge is 0.158 e. The summed E-state index contributed by atoms with van der Waals surface area (Å²) in [6.07, 6.45) is 5.34. The third kappa shape index (κ3) is 3.23. The Morgan fingerprint density at radius 2 is 1.96 bits per heavy atom. The average molecular weight is 357 g/mol. The molecule has 25 heavy (non-hydrogen) atoms. The van der Waals surface area contributed by atoms with E-state index in [1.807, 2.05) is 6.07 Å². The Kier molecular flexibility index (Phi) is 4.38. The summed E-state index contributed by atoms with van der Waals surface area (Å²) in [4.78, 5) is 4.22. The zero-order valence-corrected chi connectivity index (χ0v) is 14.2. The Bertz CT molecular complexity index is 913. The van der Waals surface area contributed by atoms with Gasteiger partial charge in [0.2, 0.25) is 0 Å². The highest BCUT2D eigenvalue weighted by Crippen LogP contribution is 2.35. The predicted octanol–water partition coefficient (Wildman–Crippen LogP) is 3.64. The van der Waals surface area contributed by atoms with Gasteiger partial charge in [-0.2, -0.15) is 0 Å². The topological polar surface area (TPSA) is 80.2 Å². The number of hydrogen-bond donors (Lipinski definition) is 2. The summed E-state index contributed by atoms with van der Waals surface area (Å²) in [6.45, 7) is 1.50. The molecule has 1 aliphatic heterocycles. The van der Waals surface area contributed by atoms with E-state index in [1.54, 1.807) is 24.5 Å². The van der Waals surface area contributed by atoms with Crippen LogP contribution in [0.2, 0.25) is 5.02 Å². The zero-order chi connectivity index (χ0) is 17.2. The Balaban J connectivity index is 1.78. The number of phenolic OH excluding ortho intramolecular Hbond substituents is 1. The molecule has 0 spiro atoms. The number of ether oxygens (including phenoxy) is 1. The molecular weight excluding hydrogens is 340 g/mol. The normalized spacial score (nSPS) is 15.4. The minimum absolute atomic E-state index is 0.0741. The summed E-state index contributed by atoms with van der Waals surface area (Å²) in [5.41, 5.74) is 1.19.